The molecule has 2 aromatic rings. The second-order valence-corrected chi connectivity index (χ2v) is 11.3. The Hall–Kier alpha value is -1.74. The van der Waals surface area contributed by atoms with Crippen molar-refractivity contribution in [3.05, 3.63) is 43.1 Å². The van der Waals surface area contributed by atoms with Crippen molar-refractivity contribution in [1.29, 1.82) is 0 Å². The van der Waals surface area contributed by atoms with Crippen LogP contribution in [0.3, 0.4) is 0 Å². The summed E-state index contributed by atoms with van der Waals surface area (Å²) >= 11 is 15.2. The predicted octanol–water partition coefficient (Wildman–Crippen LogP) is 2.58. The maximum Gasteiger partial charge on any atom is 0.287 e. The van der Waals surface area contributed by atoms with Crippen molar-refractivity contribution in [2.75, 3.05) is 76.1 Å². The number of hydrogen-bond donors (Lipinski definition) is 3. The van der Waals surface area contributed by atoms with Crippen LogP contribution in [0.2, 0.25) is 10.0 Å². The monoisotopic (exact) mass is 680 g/mol. The summed E-state index contributed by atoms with van der Waals surface area (Å²) in [5.41, 5.74) is 0.700. The first-order valence-electron chi connectivity index (χ1n) is 13.6. The Balaban J connectivity index is 0.000000251. The topological polar surface area (TPSA) is 128 Å². The first-order valence-corrected chi connectivity index (χ1v) is 15.5. The molecule has 2 atom stereocenters. The van der Waals surface area contributed by atoms with Gasteiger partial charge in [0.05, 0.1) is 37.0 Å². The lowest BCUT2D eigenvalue weighted by atomic mass is 10.1. The summed E-state index contributed by atoms with van der Waals surface area (Å²) in [6.45, 7) is 6.43. The van der Waals surface area contributed by atoms with Gasteiger partial charge in [0.1, 0.15) is 10.0 Å². The van der Waals surface area contributed by atoms with Crippen LogP contribution in [0.1, 0.15) is 25.7 Å². The van der Waals surface area contributed by atoms with Crippen LogP contribution in [0.15, 0.2) is 22.0 Å². The normalized spacial score (nSPS) is 18.9. The zero-order chi connectivity index (χ0) is 30.2. The summed E-state index contributed by atoms with van der Waals surface area (Å²) in [6.07, 6.45) is 7.61. The highest BCUT2D eigenvalue weighted by molar-refractivity contribution is 9.09. The lowest BCUT2D eigenvalue weighted by Crippen LogP contribution is -2.43. The molecule has 2 saturated heterocycles. The molecule has 2 unspecified atom stereocenters. The Morgan fingerprint density at radius 2 is 1.51 bits per heavy atom. The molecule has 2 aliphatic rings. The van der Waals surface area contributed by atoms with Crippen molar-refractivity contribution < 1.29 is 9.47 Å². The molecule has 0 radical (unpaired) electrons. The Morgan fingerprint density at radius 1 is 0.951 bits per heavy atom. The number of methoxy groups -OCH3 is 2. The van der Waals surface area contributed by atoms with Crippen LogP contribution >= 0.6 is 39.1 Å². The molecular formula is C26H43BrCl2N8O4. The van der Waals surface area contributed by atoms with E-state index < -0.39 is 0 Å². The molecule has 3 N–H and O–H groups in total. The number of ether oxygens (including phenoxy) is 2. The van der Waals surface area contributed by atoms with E-state index in [-0.39, 0.29) is 27.2 Å². The van der Waals surface area contributed by atoms with Crippen LogP contribution < -0.4 is 27.1 Å². The molecule has 0 aliphatic carbocycles. The molecule has 0 amide bonds. The minimum Gasteiger partial charge on any atom is -0.384 e. The first-order chi connectivity index (χ1) is 19.7. The van der Waals surface area contributed by atoms with Gasteiger partial charge in [0.25, 0.3) is 11.1 Å². The van der Waals surface area contributed by atoms with Crippen molar-refractivity contribution in [3.63, 3.8) is 0 Å². The average Bonchev–Trinajstić information content (AvgIpc) is 2.98. The number of likely N-dealkylation sites (tertiary alicyclic amines) is 1. The number of aromatic nitrogens is 4. The molecule has 0 spiro atoms. The van der Waals surface area contributed by atoms with Gasteiger partial charge in [-0.2, -0.15) is 10.2 Å². The largest absolute Gasteiger partial charge is 0.384 e. The molecule has 0 aromatic carbocycles. The number of piperidine rings is 2. The molecule has 15 heteroatoms. The average molecular weight is 682 g/mol. The van der Waals surface area contributed by atoms with Gasteiger partial charge in [0.2, 0.25) is 0 Å². The minimum atomic E-state index is -0.274. The van der Waals surface area contributed by atoms with Crippen molar-refractivity contribution in [2.24, 2.45) is 14.1 Å². The third-order valence-electron chi connectivity index (χ3n) is 6.57. The number of rotatable bonds is 9. The number of anilines is 2. The zero-order valence-electron chi connectivity index (χ0n) is 24.3. The number of hydrogen-bond acceptors (Lipinski definition) is 10. The van der Waals surface area contributed by atoms with Gasteiger partial charge >= 0.3 is 0 Å². The zero-order valence-corrected chi connectivity index (χ0v) is 27.4. The maximum absolute atomic E-state index is 11.7. The Labute approximate surface area is 260 Å². The fraction of sp³-hybridized carbons (Fsp3) is 0.692. The lowest BCUT2D eigenvalue weighted by Gasteiger charge is -2.33. The predicted molar refractivity (Wildman–Crippen MR) is 169 cm³/mol. The second-order valence-electron chi connectivity index (χ2n) is 9.75. The summed E-state index contributed by atoms with van der Waals surface area (Å²) in [4.78, 5) is 25.6. The SMILES string of the molecule is COCCBr.COCCN1CCCC(Nc2cnn(C)c(=O)c2Cl)C1.Cn1ncc(NC2CCCNC2)c(Cl)c1=O. The third-order valence-corrected chi connectivity index (χ3v) is 7.63. The molecule has 2 aromatic heterocycles. The van der Waals surface area contributed by atoms with E-state index in [2.05, 4.69) is 51.7 Å². The van der Waals surface area contributed by atoms with Crippen molar-refractivity contribution in [1.82, 2.24) is 29.8 Å². The van der Waals surface area contributed by atoms with Gasteiger partial charge in [-0.25, -0.2) is 9.36 Å². The van der Waals surface area contributed by atoms with Gasteiger partial charge < -0.3 is 25.4 Å². The van der Waals surface area contributed by atoms with Gasteiger partial charge in [0.15, 0.2) is 0 Å². The molecule has 41 heavy (non-hydrogen) atoms. The van der Waals surface area contributed by atoms with Crippen molar-refractivity contribution in [2.45, 2.75) is 37.8 Å². The number of aryl methyl sites for hydroxylation is 2. The van der Waals surface area contributed by atoms with E-state index in [0.29, 0.717) is 17.4 Å². The first kappa shape index (κ1) is 35.5. The summed E-state index contributed by atoms with van der Waals surface area (Å²) in [6, 6.07) is 0.604. The van der Waals surface area contributed by atoms with E-state index in [1.807, 2.05) is 0 Å². The molecule has 12 nitrogen and oxygen atoms in total. The van der Waals surface area contributed by atoms with Crippen LogP contribution in [0, 0.1) is 0 Å². The number of halogens is 3. The van der Waals surface area contributed by atoms with E-state index in [9.17, 15) is 9.59 Å². The highest BCUT2D eigenvalue weighted by Crippen LogP contribution is 2.20. The minimum absolute atomic E-state index is 0.205. The van der Waals surface area contributed by atoms with E-state index in [4.69, 9.17) is 27.9 Å². The van der Waals surface area contributed by atoms with Gasteiger partial charge in [-0.05, 0) is 38.8 Å². The Kier molecular flexibility index (Phi) is 16.8. The quantitative estimate of drug-likeness (QED) is 0.340. The number of alkyl halides is 1. The van der Waals surface area contributed by atoms with Crippen LogP contribution in [-0.4, -0.2) is 102 Å². The molecular weight excluding hydrogens is 639 g/mol. The number of nitrogens with zero attached hydrogens (tertiary/aromatic N) is 5. The molecule has 0 bridgehead atoms. The molecule has 2 fully saturated rings. The summed E-state index contributed by atoms with van der Waals surface area (Å²) < 4.78 is 12.2. The van der Waals surface area contributed by atoms with E-state index in [0.717, 1.165) is 77.0 Å². The van der Waals surface area contributed by atoms with Gasteiger partial charge in [0, 0.05) is 65.4 Å². The Morgan fingerprint density at radius 3 is 2.00 bits per heavy atom. The Bertz CT molecular complexity index is 1160. The highest BCUT2D eigenvalue weighted by atomic mass is 79.9. The van der Waals surface area contributed by atoms with Crippen molar-refractivity contribution in [3.8, 4) is 0 Å². The van der Waals surface area contributed by atoms with Gasteiger partial charge in [-0.15, -0.1) is 0 Å². The summed E-state index contributed by atoms with van der Waals surface area (Å²) in [7, 11) is 6.57. The van der Waals surface area contributed by atoms with Crippen LogP contribution in [0.25, 0.3) is 0 Å². The summed E-state index contributed by atoms with van der Waals surface area (Å²) in [5.74, 6) is 0. The second kappa shape index (κ2) is 19.4. The maximum atomic E-state index is 11.7. The lowest BCUT2D eigenvalue weighted by molar-refractivity contribution is 0.131. The standard InChI is InChI=1S/C13H21ClN4O2.C10H15ClN4O.C3H7BrO/c1-17-13(19)12(14)11(8-15-17)16-10-4-3-5-18(9-10)6-7-20-2;1-15-10(16)9(11)8(6-13-15)14-7-3-2-4-12-5-7;1-5-3-2-4/h8,10,16H,3-7,9H2,1-2H3;6-7,12,14H,2-5H2,1H3;2-3H2,1H3. The van der Waals surface area contributed by atoms with E-state index in [1.54, 1.807) is 40.7 Å². The van der Waals surface area contributed by atoms with Crippen LogP contribution in [-0.2, 0) is 23.6 Å². The third kappa shape index (κ3) is 12.2. The van der Waals surface area contributed by atoms with Gasteiger partial charge in [-0.3, -0.25) is 14.5 Å². The van der Waals surface area contributed by atoms with Crippen LogP contribution in [0.5, 0.6) is 0 Å². The fourth-order valence-electron chi connectivity index (χ4n) is 4.31. The molecule has 0 saturated carbocycles. The summed E-state index contributed by atoms with van der Waals surface area (Å²) in [5, 5.41) is 19.2. The molecule has 2 aliphatic heterocycles. The molecule has 4 heterocycles. The smallest absolute Gasteiger partial charge is 0.287 e. The highest BCUT2D eigenvalue weighted by Gasteiger charge is 2.21. The van der Waals surface area contributed by atoms with E-state index >= 15 is 0 Å². The fourth-order valence-corrected chi connectivity index (χ4v) is 5.09. The van der Waals surface area contributed by atoms with Gasteiger partial charge in [-0.1, -0.05) is 39.1 Å². The van der Waals surface area contributed by atoms with E-state index in [1.165, 1.54) is 9.36 Å². The molecule has 4 rings (SSSR count). The molecule has 232 valence electrons. The number of nitrogens with one attached hydrogen (secondary N) is 3. The van der Waals surface area contributed by atoms with Crippen molar-refractivity contribution >= 4 is 50.5 Å². The van der Waals surface area contributed by atoms with Crippen LogP contribution in [0.4, 0.5) is 11.4 Å².